The predicted molar refractivity (Wildman–Crippen MR) is 104 cm³/mol. The van der Waals surface area contributed by atoms with Crippen LogP contribution in [0.5, 0.6) is 0 Å². The molecule has 4 rings (SSSR count). The van der Waals surface area contributed by atoms with Gasteiger partial charge in [0.25, 0.3) is 0 Å². The van der Waals surface area contributed by atoms with Crippen molar-refractivity contribution in [3.63, 3.8) is 0 Å². The summed E-state index contributed by atoms with van der Waals surface area (Å²) in [6, 6.07) is 15.9. The van der Waals surface area contributed by atoms with Crippen LogP contribution in [0.1, 0.15) is 22.6 Å². The van der Waals surface area contributed by atoms with Crippen molar-refractivity contribution in [3.8, 4) is 0 Å². The number of carbonyl (C=O) groups is 2. The first-order chi connectivity index (χ1) is 13.1. The van der Waals surface area contributed by atoms with Crippen molar-refractivity contribution < 1.29 is 14.3 Å². The summed E-state index contributed by atoms with van der Waals surface area (Å²) in [5.41, 5.74) is 3.16. The van der Waals surface area contributed by atoms with Crippen LogP contribution in [-0.4, -0.2) is 28.3 Å². The smallest absolute Gasteiger partial charge is 0.311 e. The van der Waals surface area contributed by atoms with E-state index >= 15 is 0 Å². The monoisotopic (exact) mass is 380 g/mol. The summed E-state index contributed by atoms with van der Waals surface area (Å²) in [6.07, 6.45) is 0.213. The Bertz CT molecular complexity index is 948. The number of esters is 1. The summed E-state index contributed by atoms with van der Waals surface area (Å²) < 4.78 is 6.51. The second kappa shape index (κ2) is 7.48. The summed E-state index contributed by atoms with van der Waals surface area (Å²) in [5.74, 6) is -0.733. The third-order valence-electron chi connectivity index (χ3n) is 4.72. The fraction of sp³-hybridized carbons (Fsp3) is 0.286. The molecule has 2 aromatic carbocycles. The van der Waals surface area contributed by atoms with Crippen LogP contribution in [0, 0.1) is 12.8 Å². The molecule has 1 aromatic heterocycles. The normalized spacial score (nSPS) is 16.9. The lowest BCUT2D eigenvalue weighted by Crippen LogP contribution is -2.26. The molecule has 1 unspecified atom stereocenters. The first kappa shape index (κ1) is 17.7. The third-order valence-corrected chi connectivity index (χ3v) is 5.73. The highest BCUT2D eigenvalue weighted by Gasteiger charge is 2.35. The summed E-state index contributed by atoms with van der Waals surface area (Å²) in [5, 5.41) is 0.769. The lowest BCUT2D eigenvalue weighted by Gasteiger charge is -2.16. The van der Waals surface area contributed by atoms with Gasteiger partial charge in [-0.15, -0.1) is 11.3 Å². The molecule has 1 saturated heterocycles. The number of ether oxygens (including phenoxy) is 1. The van der Waals surface area contributed by atoms with E-state index in [0.29, 0.717) is 13.1 Å². The van der Waals surface area contributed by atoms with Crippen LogP contribution in [0.25, 0.3) is 10.2 Å². The Balaban J connectivity index is 1.33. The van der Waals surface area contributed by atoms with E-state index in [0.717, 1.165) is 20.8 Å². The SMILES string of the molecule is Cc1ccc(CN2CC(C(=O)OCc3nc4ccccc4s3)CC2=O)cc1. The minimum atomic E-state index is -0.405. The first-order valence-electron chi connectivity index (χ1n) is 8.93. The van der Waals surface area contributed by atoms with Gasteiger partial charge in [-0.2, -0.15) is 0 Å². The number of aromatic nitrogens is 1. The van der Waals surface area contributed by atoms with Crippen molar-refractivity contribution in [2.24, 2.45) is 5.92 Å². The van der Waals surface area contributed by atoms with Gasteiger partial charge in [0.05, 0.1) is 16.1 Å². The van der Waals surface area contributed by atoms with E-state index in [1.165, 1.54) is 16.9 Å². The Kier molecular flexibility index (Phi) is 4.90. The summed E-state index contributed by atoms with van der Waals surface area (Å²) in [4.78, 5) is 30.9. The number of hydrogen-bond acceptors (Lipinski definition) is 5. The number of rotatable bonds is 5. The second-order valence-corrected chi connectivity index (χ2v) is 7.96. The van der Waals surface area contributed by atoms with Crippen LogP contribution >= 0.6 is 11.3 Å². The topological polar surface area (TPSA) is 59.5 Å². The number of para-hydroxylation sites is 1. The molecule has 3 aromatic rings. The highest BCUT2D eigenvalue weighted by Crippen LogP contribution is 2.24. The molecule has 2 heterocycles. The number of amides is 1. The molecule has 1 atom stereocenters. The number of thiazole rings is 1. The van der Waals surface area contributed by atoms with Gasteiger partial charge in [-0.3, -0.25) is 9.59 Å². The number of benzene rings is 2. The number of hydrogen-bond donors (Lipinski definition) is 0. The van der Waals surface area contributed by atoms with Gasteiger partial charge in [-0.1, -0.05) is 42.0 Å². The van der Waals surface area contributed by atoms with Gasteiger partial charge in [0.1, 0.15) is 11.6 Å². The number of likely N-dealkylation sites (tertiary alicyclic amines) is 1. The van der Waals surface area contributed by atoms with Crippen molar-refractivity contribution in [1.29, 1.82) is 0 Å². The van der Waals surface area contributed by atoms with Crippen LogP contribution in [0.15, 0.2) is 48.5 Å². The van der Waals surface area contributed by atoms with Crippen LogP contribution in [-0.2, 0) is 27.5 Å². The Hall–Kier alpha value is -2.73. The zero-order valence-electron chi connectivity index (χ0n) is 15.1. The Labute approximate surface area is 161 Å². The number of carbonyl (C=O) groups excluding carboxylic acids is 2. The quantitative estimate of drug-likeness (QED) is 0.634. The molecule has 6 heteroatoms. The van der Waals surface area contributed by atoms with Gasteiger partial charge in [-0.25, -0.2) is 4.98 Å². The maximum atomic E-state index is 12.4. The molecule has 1 aliphatic rings. The molecule has 0 radical (unpaired) electrons. The molecular formula is C21H20N2O3S. The fourth-order valence-corrected chi connectivity index (χ4v) is 4.11. The number of aryl methyl sites for hydroxylation is 1. The van der Waals surface area contributed by atoms with Gasteiger partial charge in [0, 0.05) is 19.5 Å². The molecule has 0 spiro atoms. The van der Waals surface area contributed by atoms with Crippen molar-refractivity contribution in [2.75, 3.05) is 6.54 Å². The Morgan fingerprint density at radius 3 is 2.78 bits per heavy atom. The van der Waals surface area contributed by atoms with E-state index < -0.39 is 5.92 Å². The summed E-state index contributed by atoms with van der Waals surface area (Å²) in [7, 11) is 0. The molecule has 1 amide bonds. The molecule has 0 saturated carbocycles. The van der Waals surface area contributed by atoms with Crippen molar-refractivity contribution in [1.82, 2.24) is 9.88 Å². The minimum absolute atomic E-state index is 0.00230. The second-order valence-electron chi connectivity index (χ2n) is 6.84. The average Bonchev–Trinajstić information content (AvgIpc) is 3.25. The molecule has 27 heavy (non-hydrogen) atoms. The summed E-state index contributed by atoms with van der Waals surface area (Å²) >= 11 is 1.52. The fourth-order valence-electron chi connectivity index (χ4n) is 3.23. The van der Waals surface area contributed by atoms with E-state index in [1.807, 2.05) is 55.5 Å². The molecule has 5 nitrogen and oxygen atoms in total. The molecular weight excluding hydrogens is 360 g/mol. The zero-order valence-corrected chi connectivity index (χ0v) is 15.9. The number of fused-ring (bicyclic) bond motifs is 1. The van der Waals surface area contributed by atoms with E-state index in [-0.39, 0.29) is 24.9 Å². The van der Waals surface area contributed by atoms with Gasteiger partial charge in [0.2, 0.25) is 5.91 Å². The number of nitrogens with zero attached hydrogens (tertiary/aromatic N) is 2. The van der Waals surface area contributed by atoms with Gasteiger partial charge in [0.15, 0.2) is 0 Å². The predicted octanol–water partition coefficient (Wildman–Crippen LogP) is 3.70. The van der Waals surface area contributed by atoms with Gasteiger partial charge in [-0.05, 0) is 24.6 Å². The third kappa shape index (κ3) is 4.01. The van der Waals surface area contributed by atoms with E-state index in [2.05, 4.69) is 4.98 Å². The lowest BCUT2D eigenvalue weighted by atomic mass is 10.1. The highest BCUT2D eigenvalue weighted by atomic mass is 32.1. The molecule has 1 fully saturated rings. The van der Waals surface area contributed by atoms with Crippen molar-refractivity contribution in [2.45, 2.75) is 26.5 Å². The molecule has 138 valence electrons. The minimum Gasteiger partial charge on any atom is -0.458 e. The largest absolute Gasteiger partial charge is 0.458 e. The molecule has 0 aliphatic carbocycles. The van der Waals surface area contributed by atoms with Gasteiger partial charge >= 0.3 is 5.97 Å². The standard InChI is InChI=1S/C21H20N2O3S/c1-14-6-8-15(9-7-14)11-23-12-16(10-20(23)24)21(25)26-13-19-22-17-4-2-3-5-18(17)27-19/h2-9,16H,10-13H2,1H3. The van der Waals surface area contributed by atoms with Crippen molar-refractivity contribution in [3.05, 3.63) is 64.7 Å². The maximum Gasteiger partial charge on any atom is 0.311 e. The average molecular weight is 380 g/mol. The van der Waals surface area contributed by atoms with E-state index in [4.69, 9.17) is 4.74 Å². The molecule has 1 aliphatic heterocycles. The molecule has 0 N–H and O–H groups in total. The first-order valence-corrected chi connectivity index (χ1v) is 9.74. The zero-order chi connectivity index (χ0) is 18.8. The van der Waals surface area contributed by atoms with E-state index in [1.54, 1.807) is 4.90 Å². The Morgan fingerprint density at radius 1 is 1.22 bits per heavy atom. The van der Waals surface area contributed by atoms with Crippen molar-refractivity contribution >= 4 is 33.4 Å². The summed E-state index contributed by atoms with van der Waals surface area (Å²) in [6.45, 7) is 3.12. The lowest BCUT2D eigenvalue weighted by molar-refractivity contribution is -0.149. The van der Waals surface area contributed by atoms with Crippen LogP contribution in [0.3, 0.4) is 0 Å². The molecule has 0 bridgehead atoms. The maximum absolute atomic E-state index is 12.4. The highest BCUT2D eigenvalue weighted by molar-refractivity contribution is 7.18. The Morgan fingerprint density at radius 2 is 2.00 bits per heavy atom. The van der Waals surface area contributed by atoms with Crippen LogP contribution in [0.2, 0.25) is 0 Å². The van der Waals surface area contributed by atoms with Crippen LogP contribution in [0.4, 0.5) is 0 Å². The van der Waals surface area contributed by atoms with E-state index in [9.17, 15) is 9.59 Å². The van der Waals surface area contributed by atoms with Gasteiger partial charge < -0.3 is 9.64 Å². The van der Waals surface area contributed by atoms with Crippen LogP contribution < -0.4 is 0 Å².